The maximum atomic E-state index is 12.8. The third kappa shape index (κ3) is 4.24. The molecule has 0 fully saturated rings. The van der Waals surface area contributed by atoms with Gasteiger partial charge in [-0.05, 0) is 38.0 Å². The van der Waals surface area contributed by atoms with E-state index in [4.69, 9.17) is 4.42 Å². The van der Waals surface area contributed by atoms with E-state index in [1.807, 2.05) is 0 Å². The van der Waals surface area contributed by atoms with Gasteiger partial charge in [-0.15, -0.1) is 0 Å². The van der Waals surface area contributed by atoms with Crippen LogP contribution in [0.15, 0.2) is 58.3 Å². The lowest BCUT2D eigenvalue weighted by molar-refractivity contribution is -0.384. The van der Waals surface area contributed by atoms with E-state index in [2.05, 4.69) is 20.8 Å². The Morgan fingerprint density at radius 2 is 1.94 bits per heavy atom. The Labute approximate surface area is 182 Å². The first-order valence-corrected chi connectivity index (χ1v) is 9.89. The minimum atomic E-state index is -0.532. The molecule has 3 aromatic rings. The number of anilines is 1. The molecule has 10 nitrogen and oxygen atoms in total. The van der Waals surface area contributed by atoms with Crippen LogP contribution < -0.4 is 10.7 Å². The summed E-state index contributed by atoms with van der Waals surface area (Å²) in [5.41, 5.74) is 5.07. The summed E-state index contributed by atoms with van der Waals surface area (Å²) in [5, 5.41) is 17.9. The van der Waals surface area contributed by atoms with Crippen LogP contribution in [0.3, 0.4) is 0 Å². The average molecular weight is 433 g/mol. The topological polar surface area (TPSA) is 140 Å². The van der Waals surface area contributed by atoms with Crippen molar-refractivity contribution in [3.8, 4) is 0 Å². The number of nitrogens with zero attached hydrogens (tertiary/aromatic N) is 3. The van der Waals surface area contributed by atoms with Crippen molar-refractivity contribution in [3.63, 3.8) is 0 Å². The number of amides is 2. The van der Waals surface area contributed by atoms with Crippen molar-refractivity contribution in [1.29, 1.82) is 0 Å². The van der Waals surface area contributed by atoms with Gasteiger partial charge < -0.3 is 9.73 Å². The number of nitro benzene ring substituents is 1. The Hall–Kier alpha value is -4.34. The van der Waals surface area contributed by atoms with Crippen LogP contribution in [-0.4, -0.2) is 27.4 Å². The first-order valence-electron chi connectivity index (χ1n) is 9.89. The second-order valence-electron chi connectivity index (χ2n) is 7.20. The number of non-ortho nitro benzene ring substituents is 1. The van der Waals surface area contributed by atoms with Gasteiger partial charge in [-0.25, -0.2) is 5.43 Å². The number of nitro groups is 1. The molecule has 0 radical (unpaired) electrons. The number of nitrogens with one attached hydrogen (secondary N) is 2. The number of hydrogen-bond donors (Lipinski definition) is 2. The van der Waals surface area contributed by atoms with E-state index < -0.39 is 10.8 Å². The standard InChI is InChI=1S/C22H19N5O5/c1-13-19-17(25-26-21(28)14-8-10-23-11-9-14)6-3-7-18(19)32-20(13)22(29)24-15-4-2-5-16(12-15)27(30)31/h2,4-5,8-12H,3,6-7H2,1H3,(H,24,29)(H,26,28)/b25-17+. The van der Waals surface area contributed by atoms with Gasteiger partial charge in [0.2, 0.25) is 0 Å². The first kappa shape index (κ1) is 20.9. The van der Waals surface area contributed by atoms with E-state index >= 15 is 0 Å². The summed E-state index contributed by atoms with van der Waals surface area (Å²) in [5.74, 6) is -0.152. The lowest BCUT2D eigenvalue weighted by atomic mass is 9.93. The van der Waals surface area contributed by atoms with E-state index in [-0.39, 0.29) is 23.0 Å². The number of hydrogen-bond acceptors (Lipinski definition) is 7. The Morgan fingerprint density at radius 3 is 2.69 bits per heavy atom. The molecular weight excluding hydrogens is 414 g/mol. The fraction of sp³-hybridized carbons (Fsp3) is 0.182. The molecule has 0 unspecified atom stereocenters. The summed E-state index contributed by atoms with van der Waals surface area (Å²) >= 11 is 0. The summed E-state index contributed by atoms with van der Waals surface area (Å²) in [7, 11) is 0. The second kappa shape index (κ2) is 8.80. The third-order valence-electron chi connectivity index (χ3n) is 5.08. The highest BCUT2D eigenvalue weighted by Gasteiger charge is 2.28. The monoisotopic (exact) mass is 433 g/mol. The normalized spacial score (nSPS) is 14.0. The highest BCUT2D eigenvalue weighted by atomic mass is 16.6. The van der Waals surface area contributed by atoms with Crippen molar-refractivity contribution in [2.45, 2.75) is 26.2 Å². The number of aromatic nitrogens is 1. The predicted molar refractivity (Wildman–Crippen MR) is 116 cm³/mol. The molecule has 162 valence electrons. The van der Waals surface area contributed by atoms with Crippen molar-refractivity contribution >= 4 is 28.9 Å². The van der Waals surface area contributed by atoms with Crippen LogP contribution in [0, 0.1) is 17.0 Å². The predicted octanol–water partition coefficient (Wildman–Crippen LogP) is 3.61. The molecule has 2 heterocycles. The Bertz CT molecular complexity index is 1230. The summed E-state index contributed by atoms with van der Waals surface area (Å²) in [6, 6.07) is 8.84. The summed E-state index contributed by atoms with van der Waals surface area (Å²) in [4.78, 5) is 39.4. The lowest BCUT2D eigenvalue weighted by Gasteiger charge is -2.13. The molecule has 0 bridgehead atoms. The molecule has 32 heavy (non-hydrogen) atoms. The van der Waals surface area contributed by atoms with Gasteiger partial charge in [-0.2, -0.15) is 5.10 Å². The van der Waals surface area contributed by atoms with Crippen molar-refractivity contribution in [3.05, 3.63) is 87.1 Å². The van der Waals surface area contributed by atoms with Crippen LogP contribution >= 0.6 is 0 Å². The van der Waals surface area contributed by atoms with E-state index in [1.54, 1.807) is 25.1 Å². The number of aryl methyl sites for hydroxylation is 1. The van der Waals surface area contributed by atoms with E-state index in [1.165, 1.54) is 30.6 Å². The molecule has 10 heteroatoms. The van der Waals surface area contributed by atoms with Gasteiger partial charge in [0.25, 0.3) is 17.5 Å². The zero-order valence-electron chi connectivity index (χ0n) is 17.1. The van der Waals surface area contributed by atoms with Crippen LogP contribution in [0.5, 0.6) is 0 Å². The molecule has 2 aromatic heterocycles. The highest BCUT2D eigenvalue weighted by Crippen LogP contribution is 2.30. The van der Waals surface area contributed by atoms with Gasteiger partial charge in [0, 0.05) is 53.3 Å². The number of hydrazone groups is 1. The number of pyridine rings is 1. The van der Waals surface area contributed by atoms with Crippen molar-refractivity contribution in [2.75, 3.05) is 5.32 Å². The summed E-state index contributed by atoms with van der Waals surface area (Å²) < 4.78 is 5.82. The van der Waals surface area contributed by atoms with Gasteiger partial charge in [0.05, 0.1) is 10.6 Å². The Balaban J connectivity index is 1.56. The molecule has 0 saturated heterocycles. The lowest BCUT2D eigenvalue weighted by Crippen LogP contribution is -2.22. The van der Waals surface area contributed by atoms with E-state index in [0.717, 1.165) is 6.42 Å². The van der Waals surface area contributed by atoms with Gasteiger partial charge in [0.15, 0.2) is 5.76 Å². The SMILES string of the molecule is Cc1c(C(=O)Nc2cccc([N+](=O)[O-])c2)oc2c1/C(=N/NC(=O)c1ccncc1)CCC2. The van der Waals surface area contributed by atoms with Crippen LogP contribution in [0.25, 0.3) is 0 Å². The van der Waals surface area contributed by atoms with Gasteiger partial charge in [-0.1, -0.05) is 6.07 Å². The molecule has 2 N–H and O–H groups in total. The van der Waals surface area contributed by atoms with Crippen LogP contribution in [0.2, 0.25) is 0 Å². The van der Waals surface area contributed by atoms with Gasteiger partial charge >= 0.3 is 0 Å². The average Bonchev–Trinajstić information content (AvgIpc) is 3.15. The number of rotatable bonds is 5. The zero-order chi connectivity index (χ0) is 22.7. The van der Waals surface area contributed by atoms with Crippen LogP contribution in [0.1, 0.15) is 50.6 Å². The number of carbonyl (C=O) groups excluding carboxylic acids is 2. The van der Waals surface area contributed by atoms with Crippen LogP contribution in [-0.2, 0) is 6.42 Å². The van der Waals surface area contributed by atoms with E-state index in [0.29, 0.717) is 41.0 Å². The fourth-order valence-corrected chi connectivity index (χ4v) is 3.57. The van der Waals surface area contributed by atoms with Crippen molar-refractivity contribution < 1.29 is 18.9 Å². The molecule has 2 amide bonds. The minimum absolute atomic E-state index is 0.108. The molecule has 0 saturated carbocycles. The molecule has 1 aliphatic carbocycles. The third-order valence-corrected chi connectivity index (χ3v) is 5.08. The fourth-order valence-electron chi connectivity index (χ4n) is 3.57. The number of fused-ring (bicyclic) bond motifs is 1. The summed E-state index contributed by atoms with van der Waals surface area (Å²) in [6.45, 7) is 1.75. The molecule has 4 rings (SSSR count). The number of benzene rings is 1. The first-order chi connectivity index (χ1) is 15.4. The zero-order valence-corrected chi connectivity index (χ0v) is 17.1. The van der Waals surface area contributed by atoms with Crippen LogP contribution in [0.4, 0.5) is 11.4 Å². The molecule has 0 aliphatic heterocycles. The highest BCUT2D eigenvalue weighted by molar-refractivity contribution is 6.09. The second-order valence-corrected chi connectivity index (χ2v) is 7.20. The maximum absolute atomic E-state index is 12.8. The number of carbonyl (C=O) groups is 2. The number of furan rings is 1. The Kier molecular flexibility index (Phi) is 5.75. The molecule has 1 aromatic carbocycles. The quantitative estimate of drug-likeness (QED) is 0.465. The molecule has 0 atom stereocenters. The van der Waals surface area contributed by atoms with Crippen molar-refractivity contribution in [1.82, 2.24) is 10.4 Å². The molecule has 1 aliphatic rings. The van der Waals surface area contributed by atoms with E-state index in [9.17, 15) is 19.7 Å². The summed E-state index contributed by atoms with van der Waals surface area (Å²) in [6.07, 6.45) is 5.06. The largest absolute Gasteiger partial charge is 0.455 e. The van der Waals surface area contributed by atoms with Gasteiger partial charge in [-0.3, -0.25) is 24.7 Å². The van der Waals surface area contributed by atoms with Crippen molar-refractivity contribution in [2.24, 2.45) is 5.10 Å². The maximum Gasteiger partial charge on any atom is 0.291 e. The molecular formula is C22H19N5O5. The smallest absolute Gasteiger partial charge is 0.291 e. The minimum Gasteiger partial charge on any atom is -0.455 e. The van der Waals surface area contributed by atoms with Gasteiger partial charge in [0.1, 0.15) is 5.76 Å². The Morgan fingerprint density at radius 1 is 1.16 bits per heavy atom. The molecule has 0 spiro atoms.